The Morgan fingerprint density at radius 1 is 1.05 bits per heavy atom. The normalized spacial score (nSPS) is 12.9. The van der Waals surface area contributed by atoms with E-state index in [2.05, 4.69) is 0 Å². The maximum Gasteiger partial charge on any atom is 0.335 e. The third-order valence-corrected chi connectivity index (χ3v) is 3.56. The summed E-state index contributed by atoms with van der Waals surface area (Å²) in [6, 6.07) is 11.8. The van der Waals surface area contributed by atoms with Gasteiger partial charge in [0.15, 0.2) is 5.78 Å². The van der Waals surface area contributed by atoms with Gasteiger partial charge in [0.1, 0.15) is 5.75 Å². The fourth-order valence-corrected chi connectivity index (χ4v) is 2.34. The molecule has 2 aromatic carbocycles. The summed E-state index contributed by atoms with van der Waals surface area (Å²) in [6.07, 6.45) is 4.00. The number of allylic oxidation sites excluding steroid dienone is 1. The van der Waals surface area contributed by atoms with Gasteiger partial charge in [-0.3, -0.25) is 4.79 Å². The predicted octanol–water partition coefficient (Wildman–Crippen LogP) is 3.22. The molecule has 0 amide bonds. The van der Waals surface area contributed by atoms with Crippen LogP contribution in [0.5, 0.6) is 5.75 Å². The van der Waals surface area contributed by atoms with Crippen LogP contribution in [-0.2, 0) is 6.42 Å². The molecule has 110 valence electrons. The van der Waals surface area contributed by atoms with Crippen LogP contribution >= 0.6 is 0 Å². The van der Waals surface area contributed by atoms with Crippen LogP contribution in [0.15, 0.2) is 48.5 Å². The van der Waals surface area contributed by atoms with Crippen molar-refractivity contribution in [1.29, 1.82) is 0 Å². The molecule has 1 heterocycles. The Kier molecular flexibility index (Phi) is 3.74. The summed E-state index contributed by atoms with van der Waals surface area (Å²) in [6.45, 7) is 0.665. The van der Waals surface area contributed by atoms with E-state index in [1.165, 1.54) is 18.2 Å². The molecule has 0 unspecified atom stereocenters. The maximum atomic E-state index is 12.2. The Bertz CT molecular complexity index is 757. The first-order valence-corrected chi connectivity index (χ1v) is 6.95. The summed E-state index contributed by atoms with van der Waals surface area (Å²) in [5.41, 5.74) is 2.69. The van der Waals surface area contributed by atoms with Gasteiger partial charge in [-0.2, -0.15) is 0 Å². The van der Waals surface area contributed by atoms with E-state index in [0.29, 0.717) is 12.2 Å². The fraction of sp³-hybridized carbons (Fsp3) is 0.111. The van der Waals surface area contributed by atoms with Gasteiger partial charge in [0, 0.05) is 12.0 Å². The molecule has 0 aliphatic carbocycles. The van der Waals surface area contributed by atoms with Crippen molar-refractivity contribution >= 4 is 17.8 Å². The molecular weight excluding hydrogens is 280 g/mol. The van der Waals surface area contributed by atoms with E-state index in [1.807, 2.05) is 12.1 Å². The lowest BCUT2D eigenvalue weighted by molar-refractivity contribution is 0.0696. The first kappa shape index (κ1) is 14.1. The summed E-state index contributed by atoms with van der Waals surface area (Å²) < 4.78 is 5.42. The van der Waals surface area contributed by atoms with Crippen molar-refractivity contribution in [1.82, 2.24) is 0 Å². The Balaban J connectivity index is 1.74. The topological polar surface area (TPSA) is 63.6 Å². The van der Waals surface area contributed by atoms with E-state index in [0.717, 1.165) is 23.3 Å². The number of hydrogen-bond acceptors (Lipinski definition) is 3. The molecule has 0 fully saturated rings. The molecular formula is C18H14O4. The van der Waals surface area contributed by atoms with Gasteiger partial charge >= 0.3 is 5.97 Å². The predicted molar refractivity (Wildman–Crippen MR) is 82.4 cm³/mol. The van der Waals surface area contributed by atoms with Crippen molar-refractivity contribution in [2.75, 3.05) is 6.61 Å². The van der Waals surface area contributed by atoms with Crippen molar-refractivity contribution in [3.05, 3.63) is 70.8 Å². The van der Waals surface area contributed by atoms with Crippen LogP contribution in [0.4, 0.5) is 0 Å². The summed E-state index contributed by atoms with van der Waals surface area (Å²) in [7, 11) is 0. The third-order valence-electron chi connectivity index (χ3n) is 3.56. The van der Waals surface area contributed by atoms with Crippen LogP contribution in [0.2, 0.25) is 0 Å². The van der Waals surface area contributed by atoms with Crippen molar-refractivity contribution < 1.29 is 19.4 Å². The standard InChI is InChI=1S/C18H14O4/c19-16(14-6-8-17-15(11-14)9-10-22-17)7-3-12-1-4-13(5-2-12)18(20)21/h1-8,11H,9-10H2,(H,20,21)/b7-3+. The molecule has 0 bridgehead atoms. The van der Waals surface area contributed by atoms with Crippen molar-refractivity contribution in [3.63, 3.8) is 0 Å². The highest BCUT2D eigenvalue weighted by Crippen LogP contribution is 2.26. The molecule has 22 heavy (non-hydrogen) atoms. The van der Waals surface area contributed by atoms with Gasteiger partial charge in [0.2, 0.25) is 0 Å². The molecule has 0 atom stereocenters. The molecule has 0 saturated heterocycles. The number of ether oxygens (including phenoxy) is 1. The minimum absolute atomic E-state index is 0.0861. The minimum atomic E-state index is -0.966. The highest BCUT2D eigenvalue weighted by atomic mass is 16.5. The Labute approximate surface area is 127 Å². The zero-order valence-corrected chi connectivity index (χ0v) is 11.8. The SMILES string of the molecule is O=C(O)c1ccc(/C=C/C(=O)c2ccc3c(c2)CCO3)cc1. The van der Waals surface area contributed by atoms with Crippen molar-refractivity contribution in [2.24, 2.45) is 0 Å². The summed E-state index contributed by atoms with van der Waals surface area (Å²) >= 11 is 0. The van der Waals surface area contributed by atoms with E-state index in [1.54, 1.807) is 24.3 Å². The Morgan fingerprint density at radius 2 is 1.77 bits per heavy atom. The highest BCUT2D eigenvalue weighted by Gasteiger charge is 2.13. The second-order valence-corrected chi connectivity index (χ2v) is 5.05. The summed E-state index contributed by atoms with van der Waals surface area (Å²) in [5.74, 6) is -0.200. The Hall–Kier alpha value is -2.88. The quantitative estimate of drug-likeness (QED) is 0.694. The number of carboxylic acid groups (broad SMARTS) is 1. The molecule has 1 N–H and O–H groups in total. The number of carboxylic acids is 1. The number of ketones is 1. The molecule has 0 spiro atoms. The molecule has 0 aromatic heterocycles. The summed E-state index contributed by atoms with van der Waals surface area (Å²) in [5, 5.41) is 8.84. The average Bonchev–Trinajstić information content (AvgIpc) is 3.00. The number of hydrogen-bond donors (Lipinski definition) is 1. The molecule has 3 rings (SSSR count). The smallest absolute Gasteiger partial charge is 0.335 e. The van der Waals surface area contributed by atoms with Crippen LogP contribution in [0.25, 0.3) is 6.08 Å². The minimum Gasteiger partial charge on any atom is -0.493 e. The van der Waals surface area contributed by atoms with Gasteiger partial charge in [0.25, 0.3) is 0 Å². The fourth-order valence-electron chi connectivity index (χ4n) is 2.34. The average molecular weight is 294 g/mol. The molecule has 0 saturated carbocycles. The first-order chi connectivity index (χ1) is 10.6. The largest absolute Gasteiger partial charge is 0.493 e. The van der Waals surface area contributed by atoms with E-state index < -0.39 is 5.97 Å². The zero-order valence-electron chi connectivity index (χ0n) is 11.8. The van der Waals surface area contributed by atoms with E-state index in [9.17, 15) is 9.59 Å². The van der Waals surface area contributed by atoms with E-state index >= 15 is 0 Å². The van der Waals surface area contributed by atoms with Gasteiger partial charge in [-0.05, 0) is 47.5 Å². The van der Waals surface area contributed by atoms with Crippen molar-refractivity contribution in [2.45, 2.75) is 6.42 Å². The number of carbonyl (C=O) groups is 2. The second-order valence-electron chi connectivity index (χ2n) is 5.05. The molecule has 4 heteroatoms. The van der Waals surface area contributed by atoms with Gasteiger partial charge in [-0.25, -0.2) is 4.79 Å². The van der Waals surface area contributed by atoms with Gasteiger partial charge < -0.3 is 9.84 Å². The highest BCUT2D eigenvalue weighted by molar-refractivity contribution is 6.07. The zero-order chi connectivity index (χ0) is 15.5. The van der Waals surface area contributed by atoms with Crippen LogP contribution in [0.1, 0.15) is 31.8 Å². The number of benzene rings is 2. The van der Waals surface area contributed by atoms with Gasteiger partial charge in [-0.1, -0.05) is 18.2 Å². The van der Waals surface area contributed by atoms with E-state index in [-0.39, 0.29) is 11.3 Å². The van der Waals surface area contributed by atoms with Crippen LogP contribution in [-0.4, -0.2) is 23.5 Å². The number of rotatable bonds is 4. The molecule has 1 aliphatic rings. The van der Waals surface area contributed by atoms with Crippen LogP contribution in [0.3, 0.4) is 0 Å². The first-order valence-electron chi connectivity index (χ1n) is 6.95. The lowest BCUT2D eigenvalue weighted by atomic mass is 10.0. The Morgan fingerprint density at radius 3 is 2.50 bits per heavy atom. The summed E-state index contributed by atoms with van der Waals surface area (Å²) in [4.78, 5) is 22.9. The molecule has 1 aliphatic heterocycles. The number of fused-ring (bicyclic) bond motifs is 1. The number of aromatic carboxylic acids is 1. The lowest BCUT2D eigenvalue weighted by Gasteiger charge is -2.01. The maximum absolute atomic E-state index is 12.2. The molecule has 2 aromatic rings. The van der Waals surface area contributed by atoms with Gasteiger partial charge in [-0.15, -0.1) is 0 Å². The van der Waals surface area contributed by atoms with Gasteiger partial charge in [0.05, 0.1) is 12.2 Å². The van der Waals surface area contributed by atoms with Crippen LogP contribution < -0.4 is 4.74 Å². The monoisotopic (exact) mass is 294 g/mol. The van der Waals surface area contributed by atoms with Crippen molar-refractivity contribution in [3.8, 4) is 5.75 Å². The van der Waals surface area contributed by atoms with Crippen LogP contribution in [0, 0.1) is 0 Å². The molecule has 0 radical (unpaired) electrons. The lowest BCUT2D eigenvalue weighted by Crippen LogP contribution is -1.96. The molecule has 4 nitrogen and oxygen atoms in total. The number of carbonyl (C=O) groups excluding carboxylic acids is 1. The van der Waals surface area contributed by atoms with E-state index in [4.69, 9.17) is 9.84 Å². The third kappa shape index (κ3) is 2.91. The second kappa shape index (κ2) is 5.85.